The van der Waals surface area contributed by atoms with E-state index in [0.717, 1.165) is 16.2 Å². The molecule has 19 heavy (non-hydrogen) atoms. The van der Waals surface area contributed by atoms with Crippen LogP contribution in [0, 0.1) is 6.08 Å². The van der Waals surface area contributed by atoms with Gasteiger partial charge in [0.1, 0.15) is 0 Å². The summed E-state index contributed by atoms with van der Waals surface area (Å²) >= 11 is 5.97. The van der Waals surface area contributed by atoms with Crippen molar-refractivity contribution in [3.05, 3.63) is 101 Å². The Morgan fingerprint density at radius 1 is 0.842 bits per heavy atom. The molecule has 3 rings (SSSR count). The highest BCUT2D eigenvalue weighted by Gasteiger charge is 2.10. The van der Waals surface area contributed by atoms with Crippen molar-refractivity contribution in [2.75, 3.05) is 0 Å². The second kappa shape index (κ2) is 5.29. The molecule has 0 saturated carbocycles. The average molecular weight is 264 g/mol. The van der Waals surface area contributed by atoms with Gasteiger partial charge in [-0.2, -0.15) is 0 Å². The normalized spacial score (nSPS) is 15.8. The lowest BCUT2D eigenvalue weighted by Gasteiger charge is -2.11. The molecular weight excluding hydrogens is 252 g/mol. The molecule has 0 heterocycles. The maximum absolute atomic E-state index is 5.97. The molecule has 2 aromatic carbocycles. The molecule has 0 unspecified atom stereocenters. The van der Waals surface area contributed by atoms with Gasteiger partial charge in [0, 0.05) is 5.02 Å². The third kappa shape index (κ3) is 2.54. The zero-order valence-electron chi connectivity index (χ0n) is 10.3. The molecule has 1 aliphatic rings. The van der Waals surface area contributed by atoms with Crippen LogP contribution in [0.25, 0.3) is 5.57 Å². The topological polar surface area (TPSA) is 0 Å². The van der Waals surface area contributed by atoms with E-state index in [9.17, 15) is 0 Å². The highest BCUT2D eigenvalue weighted by Crippen LogP contribution is 2.30. The van der Waals surface area contributed by atoms with Gasteiger partial charge in [-0.25, -0.2) is 0 Å². The molecule has 0 saturated heterocycles. The molecule has 2 aromatic rings. The van der Waals surface area contributed by atoms with Crippen molar-refractivity contribution in [3.8, 4) is 0 Å². The van der Waals surface area contributed by atoms with Gasteiger partial charge in [0.25, 0.3) is 0 Å². The minimum Gasteiger partial charge on any atom is -0.0843 e. The molecule has 0 aromatic heterocycles. The lowest BCUT2D eigenvalue weighted by Crippen LogP contribution is -1.91. The van der Waals surface area contributed by atoms with Crippen molar-refractivity contribution in [2.45, 2.75) is 0 Å². The molecule has 0 amide bonds. The van der Waals surface area contributed by atoms with E-state index in [1.807, 2.05) is 54.6 Å². The van der Waals surface area contributed by atoms with Crippen LogP contribution in [-0.2, 0) is 0 Å². The maximum Gasteiger partial charge on any atom is 0.0406 e. The Morgan fingerprint density at radius 3 is 2.16 bits per heavy atom. The van der Waals surface area contributed by atoms with E-state index in [2.05, 4.69) is 24.3 Å². The minimum absolute atomic E-state index is 0.752. The largest absolute Gasteiger partial charge is 0.0843 e. The van der Waals surface area contributed by atoms with Crippen molar-refractivity contribution in [2.24, 2.45) is 0 Å². The third-order valence-electron chi connectivity index (χ3n) is 3.06. The third-order valence-corrected chi connectivity index (χ3v) is 3.31. The second-order valence-electron chi connectivity index (χ2n) is 4.33. The highest BCUT2D eigenvalue weighted by molar-refractivity contribution is 6.30. The summed E-state index contributed by atoms with van der Waals surface area (Å²) in [5, 5.41) is 0.752. The quantitative estimate of drug-likeness (QED) is 0.709. The zero-order valence-corrected chi connectivity index (χ0v) is 11.1. The van der Waals surface area contributed by atoms with Crippen LogP contribution in [0.4, 0.5) is 0 Å². The molecular formula is C18H12Cl. The Bertz CT molecular complexity index is 645. The first-order valence-electron chi connectivity index (χ1n) is 6.17. The van der Waals surface area contributed by atoms with Gasteiger partial charge in [-0.3, -0.25) is 0 Å². The number of benzene rings is 2. The first-order chi connectivity index (χ1) is 9.34. The molecule has 0 N–H and O–H groups in total. The predicted octanol–water partition coefficient (Wildman–Crippen LogP) is 5.07. The first-order valence-corrected chi connectivity index (χ1v) is 6.54. The number of hydrogen-bond donors (Lipinski definition) is 0. The molecule has 1 aliphatic carbocycles. The Morgan fingerprint density at radius 2 is 1.53 bits per heavy atom. The number of allylic oxidation sites excluding steroid dienone is 5. The first kappa shape index (κ1) is 12.0. The van der Waals surface area contributed by atoms with Gasteiger partial charge >= 0.3 is 0 Å². The summed E-state index contributed by atoms with van der Waals surface area (Å²) in [7, 11) is 0. The van der Waals surface area contributed by atoms with Gasteiger partial charge in [-0.05, 0) is 40.5 Å². The lowest BCUT2D eigenvalue weighted by molar-refractivity contribution is 1.51. The summed E-state index contributed by atoms with van der Waals surface area (Å²) in [5.41, 5.74) is 4.63. The van der Waals surface area contributed by atoms with Crippen LogP contribution in [0.1, 0.15) is 11.1 Å². The van der Waals surface area contributed by atoms with Crippen molar-refractivity contribution in [1.82, 2.24) is 0 Å². The Balaban J connectivity index is 2.18. The summed E-state index contributed by atoms with van der Waals surface area (Å²) < 4.78 is 0. The fourth-order valence-corrected chi connectivity index (χ4v) is 2.31. The summed E-state index contributed by atoms with van der Waals surface area (Å²) in [5.74, 6) is 0. The van der Waals surface area contributed by atoms with E-state index < -0.39 is 0 Å². The van der Waals surface area contributed by atoms with Crippen molar-refractivity contribution >= 4 is 17.2 Å². The van der Waals surface area contributed by atoms with E-state index in [1.165, 1.54) is 11.1 Å². The van der Waals surface area contributed by atoms with E-state index in [4.69, 9.17) is 11.6 Å². The molecule has 0 bridgehead atoms. The molecule has 1 radical (unpaired) electrons. The van der Waals surface area contributed by atoms with Crippen molar-refractivity contribution in [1.29, 1.82) is 0 Å². The monoisotopic (exact) mass is 263 g/mol. The van der Waals surface area contributed by atoms with Gasteiger partial charge in [0.2, 0.25) is 0 Å². The molecule has 1 heteroatoms. The van der Waals surface area contributed by atoms with Gasteiger partial charge in [0.15, 0.2) is 0 Å². The molecule has 0 nitrogen and oxygen atoms in total. The van der Waals surface area contributed by atoms with Crippen LogP contribution in [0.5, 0.6) is 0 Å². The minimum atomic E-state index is 0.752. The predicted molar refractivity (Wildman–Crippen MR) is 80.9 cm³/mol. The van der Waals surface area contributed by atoms with Crippen LogP contribution in [0.3, 0.4) is 0 Å². The highest BCUT2D eigenvalue weighted by atomic mass is 35.5. The lowest BCUT2D eigenvalue weighted by atomic mass is 9.93. The van der Waals surface area contributed by atoms with Gasteiger partial charge in [-0.1, -0.05) is 72.3 Å². The molecule has 0 fully saturated rings. The van der Waals surface area contributed by atoms with E-state index in [0.29, 0.717) is 0 Å². The van der Waals surface area contributed by atoms with Crippen LogP contribution in [-0.4, -0.2) is 0 Å². The van der Waals surface area contributed by atoms with Crippen LogP contribution >= 0.6 is 11.6 Å². The molecule has 0 aliphatic heterocycles. The molecule has 91 valence electrons. The standard InChI is InChI=1S/C18H12Cl/c19-17-12-10-16(11-13-17)18(15-8-4-5-9-15)14-6-2-1-3-7-14/h1-8,10-13H. The molecule has 0 atom stereocenters. The smallest absolute Gasteiger partial charge is 0.0406 e. The summed E-state index contributed by atoms with van der Waals surface area (Å²) in [6, 6.07) is 18.3. The van der Waals surface area contributed by atoms with E-state index in [1.54, 1.807) is 0 Å². The number of hydrogen-bond acceptors (Lipinski definition) is 0. The van der Waals surface area contributed by atoms with Gasteiger partial charge in [0.05, 0.1) is 0 Å². The Hall–Kier alpha value is -2.05. The average Bonchev–Trinajstić information content (AvgIpc) is 2.96. The maximum atomic E-state index is 5.97. The van der Waals surface area contributed by atoms with E-state index >= 15 is 0 Å². The van der Waals surface area contributed by atoms with Gasteiger partial charge in [-0.15, -0.1) is 0 Å². The summed E-state index contributed by atoms with van der Waals surface area (Å²) in [4.78, 5) is 0. The number of halogens is 1. The second-order valence-corrected chi connectivity index (χ2v) is 4.77. The SMILES string of the molecule is Clc1ccc(C(=C2[C]=CC=C2)c2ccccc2)cc1. The Kier molecular flexibility index (Phi) is 3.35. The fraction of sp³-hybridized carbons (Fsp3) is 0. The van der Waals surface area contributed by atoms with Crippen LogP contribution in [0.2, 0.25) is 5.02 Å². The van der Waals surface area contributed by atoms with Crippen LogP contribution in [0.15, 0.2) is 78.4 Å². The Labute approximate surface area is 118 Å². The van der Waals surface area contributed by atoms with Crippen LogP contribution < -0.4 is 0 Å². The van der Waals surface area contributed by atoms with Gasteiger partial charge < -0.3 is 0 Å². The summed E-state index contributed by atoms with van der Waals surface area (Å²) in [6.07, 6.45) is 9.31. The van der Waals surface area contributed by atoms with E-state index in [-0.39, 0.29) is 0 Å². The van der Waals surface area contributed by atoms with Crippen molar-refractivity contribution < 1.29 is 0 Å². The molecule has 0 spiro atoms. The summed E-state index contributed by atoms with van der Waals surface area (Å²) in [6.45, 7) is 0. The number of rotatable bonds is 2. The zero-order chi connectivity index (χ0) is 13.1. The fourth-order valence-electron chi connectivity index (χ4n) is 2.18. The van der Waals surface area contributed by atoms with Crippen molar-refractivity contribution in [3.63, 3.8) is 0 Å².